The summed E-state index contributed by atoms with van der Waals surface area (Å²) >= 11 is 0. The Labute approximate surface area is 195 Å². The molecule has 2 aromatic rings. The zero-order valence-corrected chi connectivity index (χ0v) is 18.5. The number of hydrogen-bond donors (Lipinski definition) is 2. The number of hydrogen-bond acceptors (Lipinski definition) is 7. The van der Waals surface area contributed by atoms with Gasteiger partial charge in [0.05, 0.1) is 43.9 Å². The Morgan fingerprint density at radius 1 is 1.15 bits per heavy atom. The molecule has 3 aliphatic rings. The van der Waals surface area contributed by atoms with Crippen molar-refractivity contribution < 1.29 is 33.7 Å². The van der Waals surface area contributed by atoms with E-state index in [1.165, 1.54) is 12.0 Å². The maximum Gasteiger partial charge on any atom is 0.407 e. The average Bonchev–Trinajstić information content (AvgIpc) is 3.51. The van der Waals surface area contributed by atoms with Gasteiger partial charge in [0.25, 0.3) is 0 Å². The van der Waals surface area contributed by atoms with Crippen molar-refractivity contribution in [3.05, 3.63) is 71.8 Å². The number of carbonyl (C=O) groups is 3. The molecular formula is C25H24N2O7. The molecule has 9 nitrogen and oxygen atoms in total. The number of alkyl carbamates (subject to hydrolysis) is 1. The predicted molar refractivity (Wildman–Crippen MR) is 120 cm³/mol. The number of aliphatic hydroxyl groups excluding tert-OH is 1. The first-order valence-electron chi connectivity index (χ1n) is 10.9. The number of fused-ring (bicyclic) bond motifs is 5. The minimum atomic E-state index is -1.11. The second-order valence-corrected chi connectivity index (χ2v) is 8.52. The van der Waals surface area contributed by atoms with Gasteiger partial charge in [-0.25, -0.2) is 9.69 Å². The summed E-state index contributed by atoms with van der Waals surface area (Å²) in [7, 11) is 1.51. The van der Waals surface area contributed by atoms with E-state index in [0.717, 1.165) is 0 Å². The number of methoxy groups -OCH3 is 1. The number of ether oxygens (including phenoxy) is 3. The number of para-hydroxylation sites is 1. The SMILES string of the molecule is COc1cc(CO)cc(COC(=O)NCC23C=CC(O2)C2C(=O)N(c4ccccc4)C(=O)C23)c1. The van der Waals surface area contributed by atoms with Gasteiger partial charge in [-0.2, -0.15) is 0 Å². The standard InChI is InChI=1S/C25H24N2O7/c1-32-18-10-15(12-28)9-16(11-18)13-33-24(31)26-14-25-8-7-19(34-25)20-21(25)23(30)27(22(20)29)17-5-3-2-4-6-17/h2-11,19-21,28H,12-14H2,1H3,(H,26,31). The van der Waals surface area contributed by atoms with Crippen LogP contribution in [0.5, 0.6) is 5.75 Å². The molecule has 176 valence electrons. The molecule has 2 bridgehead atoms. The first-order chi connectivity index (χ1) is 16.5. The fourth-order valence-corrected chi connectivity index (χ4v) is 4.97. The van der Waals surface area contributed by atoms with Gasteiger partial charge in [-0.3, -0.25) is 9.59 Å². The van der Waals surface area contributed by atoms with Crippen LogP contribution in [-0.4, -0.2) is 48.4 Å². The molecular weight excluding hydrogens is 440 g/mol. The van der Waals surface area contributed by atoms with Gasteiger partial charge in [0, 0.05) is 0 Å². The largest absolute Gasteiger partial charge is 0.497 e. The number of nitrogens with one attached hydrogen (secondary N) is 1. The molecule has 0 radical (unpaired) electrons. The molecule has 4 atom stereocenters. The number of carbonyl (C=O) groups excluding carboxylic acids is 3. The Morgan fingerprint density at radius 3 is 2.65 bits per heavy atom. The average molecular weight is 464 g/mol. The van der Waals surface area contributed by atoms with E-state index in [1.807, 2.05) is 6.07 Å². The predicted octanol–water partition coefficient (Wildman–Crippen LogP) is 1.93. The van der Waals surface area contributed by atoms with E-state index >= 15 is 0 Å². The molecule has 9 heteroatoms. The maximum absolute atomic E-state index is 13.3. The Bertz CT molecular complexity index is 1140. The van der Waals surface area contributed by atoms with Crippen LogP contribution in [0.15, 0.2) is 60.7 Å². The van der Waals surface area contributed by atoms with Crippen LogP contribution in [0, 0.1) is 11.8 Å². The molecule has 0 aliphatic carbocycles. The van der Waals surface area contributed by atoms with Crippen LogP contribution in [-0.2, 0) is 32.3 Å². The molecule has 2 fully saturated rings. The summed E-state index contributed by atoms with van der Waals surface area (Å²) < 4.78 is 16.5. The number of nitrogens with zero attached hydrogens (tertiary/aromatic N) is 1. The number of benzene rings is 2. The second kappa shape index (κ2) is 8.58. The maximum atomic E-state index is 13.3. The van der Waals surface area contributed by atoms with Gasteiger partial charge in [-0.1, -0.05) is 30.4 Å². The third-order valence-corrected chi connectivity index (χ3v) is 6.49. The highest BCUT2D eigenvalue weighted by molar-refractivity contribution is 6.23. The third kappa shape index (κ3) is 3.63. The summed E-state index contributed by atoms with van der Waals surface area (Å²) in [6.45, 7) is -0.214. The van der Waals surface area contributed by atoms with Crippen LogP contribution in [0.25, 0.3) is 0 Å². The molecule has 2 N–H and O–H groups in total. The quantitative estimate of drug-likeness (QED) is 0.475. The summed E-state index contributed by atoms with van der Waals surface area (Å²) in [4.78, 5) is 40.0. The lowest BCUT2D eigenvalue weighted by molar-refractivity contribution is -0.126. The molecule has 34 heavy (non-hydrogen) atoms. The Hall–Kier alpha value is -3.69. The van der Waals surface area contributed by atoms with Gasteiger partial charge in [0.15, 0.2) is 0 Å². The highest BCUT2D eigenvalue weighted by atomic mass is 16.6. The van der Waals surface area contributed by atoms with Gasteiger partial charge in [0.1, 0.15) is 18.0 Å². The van der Waals surface area contributed by atoms with Crippen LogP contribution in [0.2, 0.25) is 0 Å². The van der Waals surface area contributed by atoms with Gasteiger partial charge in [-0.15, -0.1) is 0 Å². The molecule has 3 aliphatic heterocycles. The van der Waals surface area contributed by atoms with Gasteiger partial charge in [-0.05, 0) is 41.5 Å². The van der Waals surface area contributed by atoms with Crippen LogP contribution < -0.4 is 15.0 Å². The van der Waals surface area contributed by atoms with Crippen LogP contribution in [0.4, 0.5) is 10.5 Å². The smallest absolute Gasteiger partial charge is 0.407 e. The van der Waals surface area contributed by atoms with E-state index in [9.17, 15) is 19.5 Å². The lowest BCUT2D eigenvalue weighted by Gasteiger charge is -2.28. The minimum absolute atomic E-state index is 0.0123. The first kappa shape index (κ1) is 22.1. The molecule has 3 heterocycles. The van der Waals surface area contributed by atoms with Gasteiger partial charge >= 0.3 is 6.09 Å². The monoisotopic (exact) mass is 464 g/mol. The molecule has 5 rings (SSSR count). The fraction of sp³-hybridized carbons (Fsp3) is 0.320. The first-order valence-corrected chi connectivity index (χ1v) is 10.9. The zero-order valence-electron chi connectivity index (χ0n) is 18.5. The molecule has 2 saturated heterocycles. The minimum Gasteiger partial charge on any atom is -0.497 e. The summed E-state index contributed by atoms with van der Waals surface area (Å²) in [6.07, 6.45) is 2.33. The number of imide groups is 1. The van der Waals surface area contributed by atoms with Crippen molar-refractivity contribution in [2.24, 2.45) is 11.8 Å². The van der Waals surface area contributed by atoms with Crippen LogP contribution in [0.1, 0.15) is 11.1 Å². The summed E-state index contributed by atoms with van der Waals surface area (Å²) in [5, 5.41) is 12.1. The van der Waals surface area contributed by atoms with E-state index in [-0.39, 0.29) is 31.6 Å². The fourth-order valence-electron chi connectivity index (χ4n) is 4.97. The van der Waals surface area contributed by atoms with Crippen LogP contribution in [0.3, 0.4) is 0 Å². The van der Waals surface area contributed by atoms with E-state index in [2.05, 4.69) is 5.32 Å². The topological polar surface area (TPSA) is 114 Å². The van der Waals surface area contributed by atoms with E-state index in [1.54, 1.807) is 54.6 Å². The lowest BCUT2D eigenvalue weighted by atomic mass is 9.77. The van der Waals surface area contributed by atoms with E-state index in [0.29, 0.717) is 22.6 Å². The molecule has 0 aromatic heterocycles. The number of amides is 3. The Morgan fingerprint density at radius 2 is 1.91 bits per heavy atom. The van der Waals surface area contributed by atoms with Crippen molar-refractivity contribution in [2.45, 2.75) is 24.9 Å². The van der Waals surface area contributed by atoms with Gasteiger partial charge < -0.3 is 24.6 Å². The summed E-state index contributed by atoms with van der Waals surface area (Å²) in [5.41, 5.74) is 0.710. The second-order valence-electron chi connectivity index (χ2n) is 8.52. The Balaban J connectivity index is 1.25. The summed E-state index contributed by atoms with van der Waals surface area (Å²) in [5.74, 6) is -1.43. The number of rotatable bonds is 7. The van der Waals surface area contributed by atoms with Crippen molar-refractivity contribution in [3.8, 4) is 5.75 Å². The van der Waals surface area contributed by atoms with E-state index in [4.69, 9.17) is 14.2 Å². The summed E-state index contributed by atoms with van der Waals surface area (Å²) in [6, 6.07) is 13.9. The number of aliphatic hydroxyl groups is 1. The number of anilines is 1. The molecule has 2 aromatic carbocycles. The van der Waals surface area contributed by atoms with Crippen molar-refractivity contribution in [3.63, 3.8) is 0 Å². The molecule has 0 saturated carbocycles. The zero-order chi connectivity index (χ0) is 23.9. The van der Waals surface area contributed by atoms with Crippen molar-refractivity contribution >= 4 is 23.6 Å². The van der Waals surface area contributed by atoms with Crippen LogP contribution >= 0.6 is 0 Å². The van der Waals surface area contributed by atoms with Crippen molar-refractivity contribution in [2.75, 3.05) is 18.6 Å². The third-order valence-electron chi connectivity index (χ3n) is 6.49. The normalized spacial score (nSPS) is 26.6. The van der Waals surface area contributed by atoms with Crippen molar-refractivity contribution in [1.29, 1.82) is 0 Å². The molecule has 4 unspecified atom stereocenters. The lowest BCUT2D eigenvalue weighted by Crippen LogP contribution is -2.49. The van der Waals surface area contributed by atoms with Crippen molar-refractivity contribution in [1.82, 2.24) is 5.32 Å². The Kier molecular flexibility index (Phi) is 5.59. The molecule has 0 spiro atoms. The highest BCUT2D eigenvalue weighted by Gasteiger charge is 2.67. The molecule has 3 amide bonds. The van der Waals surface area contributed by atoms with Gasteiger partial charge in [0.2, 0.25) is 11.8 Å². The van der Waals surface area contributed by atoms with E-state index < -0.39 is 29.6 Å². The highest BCUT2D eigenvalue weighted by Crippen LogP contribution is 2.52.